The molecule has 1 aromatic carbocycles. The zero-order valence-corrected chi connectivity index (χ0v) is 18.4. The molecular weight excluding hydrogens is 484 g/mol. The van der Waals surface area contributed by atoms with E-state index in [-0.39, 0.29) is 22.3 Å². The van der Waals surface area contributed by atoms with Gasteiger partial charge in [-0.15, -0.1) is 5.10 Å². The Kier molecular flexibility index (Phi) is 5.85. The van der Waals surface area contributed by atoms with Gasteiger partial charge in [0, 0.05) is 12.7 Å². The van der Waals surface area contributed by atoms with Crippen molar-refractivity contribution in [2.24, 2.45) is 0 Å². The van der Waals surface area contributed by atoms with Gasteiger partial charge in [0.15, 0.2) is 11.9 Å². The van der Waals surface area contributed by atoms with Crippen LogP contribution in [0, 0.1) is 11.6 Å². The maximum atomic E-state index is 14.0. The predicted molar refractivity (Wildman–Crippen MR) is 104 cm³/mol. The number of carboxylic acid groups (broad SMARTS) is 1. The van der Waals surface area contributed by atoms with Crippen LogP contribution in [0.25, 0.3) is 11.3 Å². The molecule has 1 aromatic heterocycles. The van der Waals surface area contributed by atoms with E-state index in [0.29, 0.717) is 0 Å². The average molecular weight is 504 g/mol. The lowest BCUT2D eigenvalue weighted by Gasteiger charge is -2.50. The van der Waals surface area contributed by atoms with E-state index in [9.17, 15) is 18.7 Å². The number of aliphatic carboxylic acids is 1. The topological polar surface area (TPSA) is 105 Å². The minimum absolute atomic E-state index is 0.110. The second-order valence-corrected chi connectivity index (χ2v) is 8.55. The second kappa shape index (κ2) is 8.17. The zero-order valence-electron chi connectivity index (χ0n) is 16.8. The molecule has 0 aliphatic carbocycles. The Bertz CT molecular complexity index is 980. The van der Waals surface area contributed by atoms with E-state index in [2.05, 4.69) is 26.2 Å². The van der Waals surface area contributed by atoms with Crippen LogP contribution in [0.2, 0.25) is 0 Å². The van der Waals surface area contributed by atoms with Crippen molar-refractivity contribution in [2.45, 2.75) is 50.1 Å². The number of hydrogen-bond acceptors (Lipinski definition) is 7. The number of halogens is 3. The Hall–Kier alpha value is -1.99. The Morgan fingerprint density at radius 1 is 1.35 bits per heavy atom. The number of fused-ring (bicyclic) bond motifs is 1. The lowest BCUT2D eigenvalue weighted by atomic mass is 9.91. The van der Waals surface area contributed by atoms with Gasteiger partial charge in [0.2, 0.25) is 0 Å². The standard InChI is InChI=1S/C19H20BrF2N3O6/c1-19(2)29-7-12-15(31-19)14(16(28-3)17(30-12)18(26)27)25-6-11(23-24-25)8-4-9(21)13(20)10(22)5-8/h4-6,12,14-17H,7H2,1-3H3,(H,26,27)/t12-,14+,15+,16-,17-/m1/s1. The molecule has 2 aliphatic rings. The Morgan fingerprint density at radius 2 is 2.03 bits per heavy atom. The van der Waals surface area contributed by atoms with Crippen molar-refractivity contribution in [3.63, 3.8) is 0 Å². The fourth-order valence-corrected chi connectivity index (χ4v) is 4.10. The van der Waals surface area contributed by atoms with E-state index in [1.807, 2.05) is 0 Å². The van der Waals surface area contributed by atoms with Crippen LogP contribution in [0.15, 0.2) is 22.8 Å². The molecule has 5 atom stereocenters. The third kappa shape index (κ3) is 4.10. The molecule has 2 aromatic rings. The monoisotopic (exact) mass is 503 g/mol. The van der Waals surface area contributed by atoms with Gasteiger partial charge in [0.05, 0.1) is 17.3 Å². The van der Waals surface area contributed by atoms with Crippen molar-refractivity contribution in [3.05, 3.63) is 34.4 Å². The lowest BCUT2D eigenvalue weighted by molar-refractivity contribution is -0.347. The first-order chi connectivity index (χ1) is 14.6. The highest BCUT2D eigenvalue weighted by atomic mass is 79.9. The van der Waals surface area contributed by atoms with Gasteiger partial charge < -0.3 is 24.1 Å². The van der Waals surface area contributed by atoms with Crippen molar-refractivity contribution in [1.82, 2.24) is 15.0 Å². The van der Waals surface area contributed by atoms with E-state index in [0.717, 1.165) is 12.1 Å². The van der Waals surface area contributed by atoms with E-state index in [4.69, 9.17) is 18.9 Å². The molecule has 0 bridgehead atoms. The van der Waals surface area contributed by atoms with Gasteiger partial charge in [-0.25, -0.2) is 18.3 Å². The molecule has 3 heterocycles. The van der Waals surface area contributed by atoms with Crippen LogP contribution in [0.3, 0.4) is 0 Å². The van der Waals surface area contributed by atoms with E-state index < -0.39 is 53.8 Å². The first-order valence-electron chi connectivity index (χ1n) is 9.41. The number of methoxy groups -OCH3 is 1. The average Bonchev–Trinajstić information content (AvgIpc) is 3.19. The van der Waals surface area contributed by atoms with Crippen molar-refractivity contribution in [3.8, 4) is 11.3 Å². The molecule has 2 aliphatic heterocycles. The van der Waals surface area contributed by atoms with Gasteiger partial charge in [0.1, 0.15) is 41.7 Å². The van der Waals surface area contributed by atoms with Crippen LogP contribution >= 0.6 is 15.9 Å². The number of rotatable bonds is 4. The zero-order chi connectivity index (χ0) is 22.5. The van der Waals surface area contributed by atoms with Crippen LogP contribution in [-0.4, -0.2) is 70.0 Å². The summed E-state index contributed by atoms with van der Waals surface area (Å²) >= 11 is 2.83. The summed E-state index contributed by atoms with van der Waals surface area (Å²) < 4.78 is 51.9. The van der Waals surface area contributed by atoms with Crippen LogP contribution in [-0.2, 0) is 23.7 Å². The summed E-state index contributed by atoms with van der Waals surface area (Å²) in [6.07, 6.45) is -2.18. The lowest BCUT2D eigenvalue weighted by Crippen LogP contribution is -2.64. The fourth-order valence-electron chi connectivity index (χ4n) is 3.87. The Labute approximate surface area is 184 Å². The van der Waals surface area contributed by atoms with E-state index in [1.165, 1.54) is 18.0 Å². The summed E-state index contributed by atoms with van der Waals surface area (Å²) in [5, 5.41) is 17.8. The molecule has 168 valence electrons. The quantitative estimate of drug-likeness (QED) is 0.634. The fraction of sp³-hybridized carbons (Fsp3) is 0.526. The molecule has 0 amide bonds. The Balaban J connectivity index is 1.75. The normalized spacial score (nSPS) is 30.1. The maximum Gasteiger partial charge on any atom is 0.335 e. The smallest absolute Gasteiger partial charge is 0.335 e. The molecule has 31 heavy (non-hydrogen) atoms. The van der Waals surface area contributed by atoms with Crippen LogP contribution < -0.4 is 0 Å². The summed E-state index contributed by atoms with van der Waals surface area (Å²) in [7, 11) is 1.36. The summed E-state index contributed by atoms with van der Waals surface area (Å²) in [6, 6.07) is 1.49. The van der Waals surface area contributed by atoms with Gasteiger partial charge in [-0.1, -0.05) is 5.21 Å². The molecule has 4 rings (SSSR count). The number of ether oxygens (including phenoxy) is 4. The van der Waals surface area contributed by atoms with Crippen LogP contribution in [0.5, 0.6) is 0 Å². The minimum Gasteiger partial charge on any atom is -0.479 e. The number of carboxylic acids is 1. The molecule has 0 radical (unpaired) electrons. The van der Waals surface area contributed by atoms with Gasteiger partial charge in [-0.3, -0.25) is 0 Å². The van der Waals surface area contributed by atoms with Crippen LogP contribution in [0.1, 0.15) is 19.9 Å². The highest BCUT2D eigenvalue weighted by Gasteiger charge is 2.54. The summed E-state index contributed by atoms with van der Waals surface area (Å²) in [5.74, 6) is -3.73. The molecule has 0 spiro atoms. The van der Waals surface area contributed by atoms with Crippen molar-refractivity contribution in [2.75, 3.05) is 13.7 Å². The minimum atomic E-state index is -1.31. The van der Waals surface area contributed by atoms with Gasteiger partial charge >= 0.3 is 5.97 Å². The second-order valence-electron chi connectivity index (χ2n) is 7.76. The summed E-state index contributed by atoms with van der Waals surface area (Å²) in [4.78, 5) is 11.8. The molecule has 1 N–H and O–H groups in total. The maximum absolute atomic E-state index is 14.0. The number of carbonyl (C=O) groups is 1. The number of nitrogens with zero attached hydrogens (tertiary/aromatic N) is 3. The van der Waals surface area contributed by atoms with Crippen molar-refractivity contribution < 1.29 is 37.6 Å². The van der Waals surface area contributed by atoms with Gasteiger partial charge in [-0.2, -0.15) is 0 Å². The third-order valence-corrected chi connectivity index (χ3v) is 6.04. The molecule has 9 nitrogen and oxygen atoms in total. The number of hydrogen-bond donors (Lipinski definition) is 1. The van der Waals surface area contributed by atoms with Crippen molar-refractivity contribution in [1.29, 1.82) is 0 Å². The molecular formula is C19H20BrF2N3O6. The van der Waals surface area contributed by atoms with Gasteiger partial charge in [-0.05, 0) is 41.9 Å². The van der Waals surface area contributed by atoms with Crippen LogP contribution in [0.4, 0.5) is 8.78 Å². The SMILES string of the molecule is CO[C@@H]1[C@@H](n2cc(-c3cc(F)c(Br)c(F)c3)nn2)[C@H]2OC(C)(C)OC[C@H]2O[C@H]1C(=O)O. The summed E-state index contributed by atoms with van der Waals surface area (Å²) in [6.45, 7) is 3.57. The summed E-state index contributed by atoms with van der Waals surface area (Å²) in [5.41, 5.74) is 0.367. The Morgan fingerprint density at radius 3 is 2.65 bits per heavy atom. The predicted octanol–water partition coefficient (Wildman–Crippen LogP) is 2.55. The molecule has 12 heteroatoms. The third-order valence-electron chi connectivity index (χ3n) is 5.29. The molecule has 0 saturated carbocycles. The van der Waals surface area contributed by atoms with E-state index in [1.54, 1.807) is 13.8 Å². The highest BCUT2D eigenvalue weighted by molar-refractivity contribution is 9.10. The number of benzene rings is 1. The first kappa shape index (κ1) is 22.2. The number of aromatic nitrogens is 3. The molecule has 2 fully saturated rings. The van der Waals surface area contributed by atoms with Gasteiger partial charge in [0.25, 0.3) is 0 Å². The first-order valence-corrected chi connectivity index (χ1v) is 10.2. The largest absolute Gasteiger partial charge is 0.479 e. The van der Waals surface area contributed by atoms with Crippen molar-refractivity contribution >= 4 is 21.9 Å². The molecule has 2 saturated heterocycles. The highest BCUT2D eigenvalue weighted by Crippen LogP contribution is 2.39. The van der Waals surface area contributed by atoms with E-state index >= 15 is 0 Å². The molecule has 0 unspecified atom stereocenters.